The number of aliphatic imine (C=N–C) groups is 1. The molecular weight excluding hydrogens is 292 g/mol. The zero-order valence-electron chi connectivity index (χ0n) is 14.9. The van der Waals surface area contributed by atoms with Gasteiger partial charge in [0.2, 0.25) is 0 Å². The second kappa shape index (κ2) is 6.57. The van der Waals surface area contributed by atoms with Gasteiger partial charge in [-0.1, -0.05) is 20.8 Å². The number of likely N-dealkylation sites (tertiary alicyclic amines) is 1. The van der Waals surface area contributed by atoms with Crippen molar-refractivity contribution in [3.8, 4) is 0 Å². The van der Waals surface area contributed by atoms with Gasteiger partial charge < -0.3 is 10.2 Å². The third-order valence-corrected chi connectivity index (χ3v) is 6.21. The van der Waals surface area contributed by atoms with Crippen LogP contribution in [0, 0.1) is 5.41 Å². The molecule has 0 aromatic carbocycles. The molecule has 0 amide bonds. The summed E-state index contributed by atoms with van der Waals surface area (Å²) in [5.74, 6) is 1.04. The highest BCUT2D eigenvalue weighted by Gasteiger charge is 2.53. The molecular formula is C17H30N4S. The van der Waals surface area contributed by atoms with E-state index in [4.69, 9.17) is 4.99 Å². The van der Waals surface area contributed by atoms with Crippen molar-refractivity contribution in [2.75, 3.05) is 19.6 Å². The molecule has 4 nitrogen and oxygen atoms in total. The van der Waals surface area contributed by atoms with Crippen LogP contribution in [0.1, 0.15) is 51.4 Å². The summed E-state index contributed by atoms with van der Waals surface area (Å²) in [4.78, 5) is 13.1. The quantitative estimate of drug-likeness (QED) is 0.668. The maximum absolute atomic E-state index is 4.83. The predicted octanol–water partition coefficient (Wildman–Crippen LogP) is 3.33. The van der Waals surface area contributed by atoms with Crippen molar-refractivity contribution in [1.29, 1.82) is 0 Å². The van der Waals surface area contributed by atoms with Gasteiger partial charge in [0.05, 0.1) is 5.01 Å². The molecule has 0 atom stereocenters. The molecule has 0 radical (unpaired) electrons. The average molecular weight is 323 g/mol. The molecule has 0 spiro atoms. The minimum Gasteiger partial charge on any atom is -0.356 e. The summed E-state index contributed by atoms with van der Waals surface area (Å²) in [5.41, 5.74) is 0.471. The minimum absolute atomic E-state index is 0.143. The molecule has 0 aliphatic carbocycles. The van der Waals surface area contributed by atoms with Crippen LogP contribution in [0.2, 0.25) is 0 Å². The number of guanidine groups is 1. The maximum Gasteiger partial charge on any atom is 0.194 e. The van der Waals surface area contributed by atoms with Crippen LogP contribution < -0.4 is 5.32 Å². The molecule has 1 N–H and O–H groups in total. The number of nitrogens with one attached hydrogen (secondary N) is 1. The Bertz CT molecular complexity index is 531. The van der Waals surface area contributed by atoms with E-state index in [0.717, 1.165) is 38.4 Å². The van der Waals surface area contributed by atoms with Crippen molar-refractivity contribution in [2.45, 2.75) is 59.9 Å². The van der Waals surface area contributed by atoms with Gasteiger partial charge in [-0.15, -0.1) is 11.3 Å². The van der Waals surface area contributed by atoms with Gasteiger partial charge in [0.25, 0.3) is 0 Å². The molecule has 1 aromatic heterocycles. The smallest absolute Gasteiger partial charge is 0.194 e. The van der Waals surface area contributed by atoms with Crippen molar-refractivity contribution in [1.82, 2.24) is 15.2 Å². The molecule has 0 unspecified atom stereocenters. The molecule has 22 heavy (non-hydrogen) atoms. The number of nitrogens with zero attached hydrogens (tertiary/aromatic N) is 3. The zero-order valence-corrected chi connectivity index (χ0v) is 15.7. The van der Waals surface area contributed by atoms with E-state index in [1.807, 2.05) is 17.5 Å². The number of rotatable bonds is 5. The minimum atomic E-state index is 0.143. The predicted molar refractivity (Wildman–Crippen MR) is 95.7 cm³/mol. The Labute approximate surface area is 139 Å². The Kier molecular flexibility index (Phi) is 5.15. The summed E-state index contributed by atoms with van der Waals surface area (Å²) in [6.45, 7) is 16.3. The SMILES string of the molecule is CCNC(=NCCc1ncc(CC)s1)N1CC(C)(C)C1(C)C. The summed E-state index contributed by atoms with van der Waals surface area (Å²) in [7, 11) is 0. The van der Waals surface area contributed by atoms with E-state index in [1.54, 1.807) is 0 Å². The van der Waals surface area contributed by atoms with Gasteiger partial charge in [-0.3, -0.25) is 4.99 Å². The first-order valence-corrected chi connectivity index (χ1v) is 9.13. The van der Waals surface area contributed by atoms with Crippen molar-refractivity contribution in [3.63, 3.8) is 0 Å². The van der Waals surface area contributed by atoms with E-state index >= 15 is 0 Å². The van der Waals surface area contributed by atoms with E-state index in [2.05, 4.69) is 56.7 Å². The monoisotopic (exact) mass is 322 g/mol. The Balaban J connectivity index is 1.99. The lowest BCUT2D eigenvalue weighted by Gasteiger charge is -2.62. The lowest BCUT2D eigenvalue weighted by molar-refractivity contribution is -0.0667. The molecule has 1 saturated heterocycles. The molecule has 124 valence electrons. The van der Waals surface area contributed by atoms with Crippen LogP contribution in [0.5, 0.6) is 0 Å². The number of hydrogen-bond acceptors (Lipinski definition) is 3. The summed E-state index contributed by atoms with van der Waals surface area (Å²) >= 11 is 1.81. The Morgan fingerprint density at radius 2 is 2.09 bits per heavy atom. The molecule has 1 aliphatic heterocycles. The second-order valence-corrected chi connectivity index (χ2v) is 8.29. The first kappa shape index (κ1) is 17.3. The van der Waals surface area contributed by atoms with Crippen LogP contribution in [-0.2, 0) is 12.8 Å². The summed E-state index contributed by atoms with van der Waals surface area (Å²) in [5, 5.41) is 4.63. The van der Waals surface area contributed by atoms with Crippen LogP contribution in [0.15, 0.2) is 11.2 Å². The summed E-state index contributed by atoms with van der Waals surface area (Å²) in [6.07, 6.45) is 3.99. The molecule has 5 heteroatoms. The van der Waals surface area contributed by atoms with E-state index in [0.29, 0.717) is 5.41 Å². The first-order valence-electron chi connectivity index (χ1n) is 8.31. The fraction of sp³-hybridized carbons (Fsp3) is 0.765. The standard InChI is InChI=1S/C17H30N4S/c1-7-13-11-20-14(22-13)9-10-19-15(18-8-2)21-12-16(3,4)17(21,5)6/h11H,7-10,12H2,1-6H3,(H,18,19). The number of aromatic nitrogens is 1. The van der Waals surface area contributed by atoms with Crippen LogP contribution in [0.25, 0.3) is 0 Å². The molecule has 1 aromatic rings. The van der Waals surface area contributed by atoms with Crippen LogP contribution in [-0.4, -0.2) is 41.0 Å². The third-order valence-electron chi connectivity index (χ3n) is 5.01. The van der Waals surface area contributed by atoms with Gasteiger partial charge in [0, 0.05) is 48.1 Å². The normalized spacial score (nSPS) is 19.9. The highest BCUT2D eigenvalue weighted by Crippen LogP contribution is 2.46. The number of hydrogen-bond donors (Lipinski definition) is 1. The average Bonchev–Trinajstić information content (AvgIpc) is 2.92. The van der Waals surface area contributed by atoms with Gasteiger partial charge in [0.15, 0.2) is 5.96 Å². The highest BCUT2D eigenvalue weighted by atomic mass is 32.1. The zero-order chi connectivity index (χ0) is 16.4. The van der Waals surface area contributed by atoms with Gasteiger partial charge in [-0.25, -0.2) is 4.98 Å². The largest absolute Gasteiger partial charge is 0.356 e. The van der Waals surface area contributed by atoms with Crippen molar-refractivity contribution in [2.24, 2.45) is 10.4 Å². The van der Waals surface area contributed by atoms with Crippen molar-refractivity contribution < 1.29 is 0 Å². The molecule has 0 saturated carbocycles. The molecule has 1 fully saturated rings. The van der Waals surface area contributed by atoms with Crippen LogP contribution >= 0.6 is 11.3 Å². The van der Waals surface area contributed by atoms with Gasteiger partial charge in [0.1, 0.15) is 0 Å². The van der Waals surface area contributed by atoms with E-state index in [9.17, 15) is 0 Å². The third kappa shape index (κ3) is 3.29. The topological polar surface area (TPSA) is 40.5 Å². The van der Waals surface area contributed by atoms with Crippen LogP contribution in [0.4, 0.5) is 0 Å². The van der Waals surface area contributed by atoms with Crippen LogP contribution in [0.3, 0.4) is 0 Å². The van der Waals surface area contributed by atoms with Crippen molar-refractivity contribution in [3.05, 3.63) is 16.1 Å². The number of thiazole rings is 1. The second-order valence-electron chi connectivity index (χ2n) is 7.09. The summed E-state index contributed by atoms with van der Waals surface area (Å²) in [6, 6.07) is 0. The molecule has 2 rings (SSSR count). The highest BCUT2D eigenvalue weighted by molar-refractivity contribution is 7.11. The number of aryl methyl sites for hydroxylation is 1. The van der Waals surface area contributed by atoms with Gasteiger partial charge in [-0.05, 0) is 27.2 Å². The van der Waals surface area contributed by atoms with Gasteiger partial charge >= 0.3 is 0 Å². The van der Waals surface area contributed by atoms with Gasteiger partial charge in [-0.2, -0.15) is 0 Å². The molecule has 2 heterocycles. The van der Waals surface area contributed by atoms with Crippen molar-refractivity contribution >= 4 is 17.3 Å². The van der Waals surface area contributed by atoms with E-state index in [-0.39, 0.29) is 5.54 Å². The lowest BCUT2D eigenvalue weighted by atomic mass is 9.65. The van der Waals surface area contributed by atoms with E-state index in [1.165, 1.54) is 9.88 Å². The molecule has 1 aliphatic rings. The maximum atomic E-state index is 4.83. The Hall–Kier alpha value is -1.10. The Morgan fingerprint density at radius 3 is 2.59 bits per heavy atom. The first-order chi connectivity index (χ1) is 10.3. The molecule has 0 bridgehead atoms. The lowest BCUT2D eigenvalue weighted by Crippen LogP contribution is -2.72. The van der Waals surface area contributed by atoms with E-state index < -0.39 is 0 Å². The fourth-order valence-electron chi connectivity index (χ4n) is 2.68. The Morgan fingerprint density at radius 1 is 1.36 bits per heavy atom. The summed E-state index contributed by atoms with van der Waals surface area (Å²) < 4.78 is 0. The fourth-order valence-corrected chi connectivity index (χ4v) is 3.53.